The minimum atomic E-state index is -0.548. The van der Waals surface area contributed by atoms with Gasteiger partial charge in [-0.05, 0) is 25.1 Å². The smallest absolute Gasteiger partial charge is 0.275 e. The van der Waals surface area contributed by atoms with Gasteiger partial charge in [-0.25, -0.2) is 9.37 Å². The maximum atomic E-state index is 13.7. The number of aromatic nitrogens is 1. The lowest BCUT2D eigenvalue weighted by molar-refractivity contribution is -0.384. The van der Waals surface area contributed by atoms with E-state index in [0.717, 1.165) is 0 Å². The SMILES string of the molecule is CCNc1cc([N+](=O)[O-])cc(-c2ccc(OC)c(F)c2)n1. The van der Waals surface area contributed by atoms with Crippen molar-refractivity contribution in [2.75, 3.05) is 19.0 Å². The van der Waals surface area contributed by atoms with Crippen LogP contribution in [0, 0.1) is 15.9 Å². The molecule has 0 unspecified atom stereocenters. The number of nitrogens with one attached hydrogen (secondary N) is 1. The highest BCUT2D eigenvalue weighted by atomic mass is 19.1. The van der Waals surface area contributed by atoms with Crippen molar-refractivity contribution in [3.05, 3.63) is 46.3 Å². The summed E-state index contributed by atoms with van der Waals surface area (Å²) in [6.07, 6.45) is 0. The van der Waals surface area contributed by atoms with E-state index in [1.54, 1.807) is 6.07 Å². The Morgan fingerprint density at radius 3 is 2.71 bits per heavy atom. The van der Waals surface area contributed by atoms with Crippen molar-refractivity contribution in [3.63, 3.8) is 0 Å². The highest BCUT2D eigenvalue weighted by Gasteiger charge is 2.13. The van der Waals surface area contributed by atoms with Gasteiger partial charge in [0.2, 0.25) is 0 Å². The minimum Gasteiger partial charge on any atom is -0.494 e. The van der Waals surface area contributed by atoms with Crippen LogP contribution in [-0.2, 0) is 0 Å². The van der Waals surface area contributed by atoms with Gasteiger partial charge in [-0.15, -0.1) is 0 Å². The topological polar surface area (TPSA) is 77.3 Å². The van der Waals surface area contributed by atoms with Gasteiger partial charge >= 0.3 is 0 Å². The Hall–Kier alpha value is -2.70. The first-order valence-corrected chi connectivity index (χ1v) is 6.29. The first-order chi connectivity index (χ1) is 10.0. The Bertz CT molecular complexity index is 677. The van der Waals surface area contributed by atoms with Crippen molar-refractivity contribution in [1.82, 2.24) is 4.98 Å². The van der Waals surface area contributed by atoms with Crippen LogP contribution in [0.3, 0.4) is 0 Å². The third-order valence-corrected chi connectivity index (χ3v) is 2.83. The second-order valence-corrected chi connectivity index (χ2v) is 4.23. The number of anilines is 1. The van der Waals surface area contributed by atoms with Crippen molar-refractivity contribution in [3.8, 4) is 17.0 Å². The van der Waals surface area contributed by atoms with Crippen molar-refractivity contribution < 1.29 is 14.1 Å². The molecule has 2 aromatic rings. The number of benzene rings is 1. The van der Waals surface area contributed by atoms with Gasteiger partial charge in [0.15, 0.2) is 11.6 Å². The molecule has 0 amide bonds. The number of pyridine rings is 1. The van der Waals surface area contributed by atoms with Crippen LogP contribution in [-0.4, -0.2) is 23.6 Å². The molecule has 0 radical (unpaired) electrons. The van der Waals surface area contributed by atoms with Gasteiger partial charge in [-0.2, -0.15) is 0 Å². The molecule has 0 spiro atoms. The average Bonchev–Trinajstić information content (AvgIpc) is 2.47. The molecule has 0 fully saturated rings. The summed E-state index contributed by atoms with van der Waals surface area (Å²) in [5.74, 6) is -0.0673. The van der Waals surface area contributed by atoms with Gasteiger partial charge in [0.05, 0.1) is 23.8 Å². The van der Waals surface area contributed by atoms with Crippen LogP contribution in [0.1, 0.15) is 6.92 Å². The third kappa shape index (κ3) is 3.25. The predicted molar refractivity (Wildman–Crippen MR) is 77.0 cm³/mol. The van der Waals surface area contributed by atoms with Crippen molar-refractivity contribution in [1.29, 1.82) is 0 Å². The lowest BCUT2D eigenvalue weighted by Gasteiger charge is -2.08. The van der Waals surface area contributed by atoms with Gasteiger partial charge in [0.25, 0.3) is 5.69 Å². The fourth-order valence-electron chi connectivity index (χ4n) is 1.87. The lowest BCUT2D eigenvalue weighted by atomic mass is 10.1. The summed E-state index contributed by atoms with van der Waals surface area (Å²) in [6, 6.07) is 6.94. The molecule has 0 aliphatic rings. The van der Waals surface area contributed by atoms with Crippen molar-refractivity contribution in [2.24, 2.45) is 0 Å². The lowest BCUT2D eigenvalue weighted by Crippen LogP contribution is -2.02. The van der Waals surface area contributed by atoms with Gasteiger partial charge in [-0.3, -0.25) is 10.1 Å². The molecule has 0 saturated carbocycles. The van der Waals surface area contributed by atoms with Crippen LogP contribution in [0.4, 0.5) is 15.9 Å². The van der Waals surface area contributed by atoms with Crippen LogP contribution in [0.2, 0.25) is 0 Å². The van der Waals surface area contributed by atoms with E-state index in [1.165, 1.54) is 31.4 Å². The number of nitro groups is 1. The summed E-state index contributed by atoms with van der Waals surface area (Å²) < 4.78 is 18.6. The average molecular weight is 291 g/mol. The summed E-state index contributed by atoms with van der Waals surface area (Å²) in [4.78, 5) is 14.7. The first kappa shape index (κ1) is 14.7. The van der Waals surface area contributed by atoms with E-state index in [2.05, 4.69) is 10.3 Å². The largest absolute Gasteiger partial charge is 0.494 e. The van der Waals surface area contributed by atoms with E-state index >= 15 is 0 Å². The number of hydrogen-bond donors (Lipinski definition) is 1. The van der Waals surface area contributed by atoms with Crippen molar-refractivity contribution >= 4 is 11.5 Å². The van der Waals surface area contributed by atoms with Crippen LogP contribution in [0.5, 0.6) is 5.75 Å². The Morgan fingerprint density at radius 1 is 1.38 bits per heavy atom. The fraction of sp³-hybridized carbons (Fsp3) is 0.214. The normalized spacial score (nSPS) is 10.2. The van der Waals surface area contributed by atoms with Gasteiger partial charge < -0.3 is 10.1 Å². The summed E-state index contributed by atoms with van der Waals surface area (Å²) in [5, 5.41) is 13.9. The molecular weight excluding hydrogens is 277 g/mol. The first-order valence-electron chi connectivity index (χ1n) is 6.29. The third-order valence-electron chi connectivity index (χ3n) is 2.83. The number of hydrogen-bond acceptors (Lipinski definition) is 5. The molecule has 7 heteroatoms. The quantitative estimate of drug-likeness (QED) is 0.676. The standard InChI is InChI=1S/C14H14FN3O3/c1-3-16-14-8-10(18(19)20)7-12(17-14)9-4-5-13(21-2)11(15)6-9/h4-8H,3H2,1-2H3,(H,16,17). The van der Waals surface area contributed by atoms with Gasteiger partial charge in [0, 0.05) is 18.2 Å². The van der Waals surface area contributed by atoms with Crippen LogP contribution >= 0.6 is 0 Å². The second-order valence-electron chi connectivity index (χ2n) is 4.23. The van der Waals surface area contributed by atoms with E-state index in [4.69, 9.17) is 4.74 Å². The van der Waals surface area contributed by atoms with E-state index in [1.807, 2.05) is 6.92 Å². The Morgan fingerprint density at radius 2 is 2.14 bits per heavy atom. The Balaban J connectivity index is 2.51. The van der Waals surface area contributed by atoms with Crippen molar-refractivity contribution in [2.45, 2.75) is 6.92 Å². The van der Waals surface area contributed by atoms with Crippen LogP contribution < -0.4 is 10.1 Å². The molecule has 1 aromatic heterocycles. The number of halogens is 1. The molecular formula is C14H14FN3O3. The number of nitrogens with zero attached hydrogens (tertiary/aromatic N) is 2. The van der Waals surface area contributed by atoms with E-state index < -0.39 is 10.7 Å². The molecule has 0 aliphatic carbocycles. The maximum absolute atomic E-state index is 13.7. The molecule has 1 heterocycles. The van der Waals surface area contributed by atoms with Crippen LogP contribution in [0.25, 0.3) is 11.3 Å². The minimum absolute atomic E-state index is 0.104. The monoisotopic (exact) mass is 291 g/mol. The van der Waals surface area contributed by atoms with Gasteiger partial charge in [-0.1, -0.05) is 0 Å². The summed E-state index contributed by atoms with van der Waals surface area (Å²) in [7, 11) is 1.37. The number of methoxy groups -OCH3 is 1. The highest BCUT2D eigenvalue weighted by molar-refractivity contribution is 5.66. The zero-order valence-corrected chi connectivity index (χ0v) is 11.6. The zero-order chi connectivity index (χ0) is 15.4. The van der Waals surface area contributed by atoms with E-state index in [9.17, 15) is 14.5 Å². The van der Waals surface area contributed by atoms with E-state index in [-0.39, 0.29) is 11.4 Å². The molecule has 0 aliphatic heterocycles. The molecule has 0 saturated heterocycles. The Kier molecular flexibility index (Phi) is 4.32. The molecule has 6 nitrogen and oxygen atoms in total. The number of rotatable bonds is 5. The summed E-state index contributed by atoms with van der Waals surface area (Å²) >= 11 is 0. The molecule has 0 atom stereocenters. The van der Waals surface area contributed by atoms with Crippen LogP contribution in [0.15, 0.2) is 30.3 Å². The Labute approximate surface area is 120 Å². The molecule has 21 heavy (non-hydrogen) atoms. The molecule has 0 bridgehead atoms. The fourth-order valence-corrected chi connectivity index (χ4v) is 1.87. The highest BCUT2D eigenvalue weighted by Crippen LogP contribution is 2.28. The summed E-state index contributed by atoms with van der Waals surface area (Å²) in [6.45, 7) is 2.43. The number of ether oxygens (including phenoxy) is 1. The van der Waals surface area contributed by atoms with Gasteiger partial charge in [0.1, 0.15) is 5.82 Å². The van der Waals surface area contributed by atoms with E-state index in [0.29, 0.717) is 23.6 Å². The molecule has 2 rings (SSSR count). The molecule has 110 valence electrons. The molecule has 1 aromatic carbocycles. The summed E-state index contributed by atoms with van der Waals surface area (Å²) in [5.41, 5.74) is 0.657. The predicted octanol–water partition coefficient (Wildman–Crippen LogP) is 3.24. The second kappa shape index (κ2) is 6.17. The zero-order valence-electron chi connectivity index (χ0n) is 11.6. The molecule has 1 N–H and O–H groups in total. The maximum Gasteiger partial charge on any atom is 0.275 e.